The summed E-state index contributed by atoms with van der Waals surface area (Å²) in [5, 5.41) is 3.14. The topological polar surface area (TPSA) is 29.1 Å². The summed E-state index contributed by atoms with van der Waals surface area (Å²) in [5.41, 5.74) is 2.33. The molecule has 0 fully saturated rings. The van der Waals surface area contributed by atoms with Crippen molar-refractivity contribution in [2.24, 2.45) is 0 Å². The molecule has 0 aliphatic carbocycles. The summed E-state index contributed by atoms with van der Waals surface area (Å²) in [4.78, 5) is 10.8. The van der Waals surface area contributed by atoms with Gasteiger partial charge in [-0.2, -0.15) is 0 Å². The highest BCUT2D eigenvalue weighted by Crippen LogP contribution is 2.23. The standard InChI is InChI=1S/C12H17NO/c1-9(2)11-6-4-5-7-12(11)13-8-10(3)14/h4-7,9,13H,8H2,1-3H3. The van der Waals surface area contributed by atoms with E-state index in [0.717, 1.165) is 5.69 Å². The number of benzene rings is 1. The molecule has 0 saturated heterocycles. The molecule has 76 valence electrons. The van der Waals surface area contributed by atoms with Gasteiger partial charge in [-0.1, -0.05) is 32.0 Å². The highest BCUT2D eigenvalue weighted by atomic mass is 16.1. The Kier molecular flexibility index (Phi) is 3.69. The predicted molar refractivity (Wildman–Crippen MR) is 59.7 cm³/mol. The minimum Gasteiger partial charge on any atom is -0.378 e. The maximum absolute atomic E-state index is 10.8. The van der Waals surface area contributed by atoms with Crippen LogP contribution in [0.15, 0.2) is 24.3 Å². The molecule has 0 aromatic heterocycles. The minimum absolute atomic E-state index is 0.156. The van der Waals surface area contributed by atoms with Gasteiger partial charge in [-0.05, 0) is 24.5 Å². The molecule has 0 amide bonds. The SMILES string of the molecule is CC(=O)CNc1ccccc1C(C)C. The van der Waals surface area contributed by atoms with Crippen LogP contribution in [0.4, 0.5) is 5.69 Å². The van der Waals surface area contributed by atoms with Crippen LogP contribution >= 0.6 is 0 Å². The first-order valence-corrected chi connectivity index (χ1v) is 4.93. The number of anilines is 1. The molecule has 0 spiro atoms. The second-order valence-electron chi connectivity index (χ2n) is 3.80. The molecule has 0 saturated carbocycles. The maximum Gasteiger partial charge on any atom is 0.148 e. The van der Waals surface area contributed by atoms with Gasteiger partial charge in [0.1, 0.15) is 5.78 Å². The number of carbonyl (C=O) groups excluding carboxylic acids is 1. The fourth-order valence-corrected chi connectivity index (χ4v) is 1.38. The number of hydrogen-bond donors (Lipinski definition) is 1. The van der Waals surface area contributed by atoms with Crippen LogP contribution < -0.4 is 5.32 Å². The van der Waals surface area contributed by atoms with Crippen molar-refractivity contribution in [1.82, 2.24) is 0 Å². The Bertz CT molecular complexity index is 318. The monoisotopic (exact) mass is 191 g/mol. The molecular weight excluding hydrogens is 174 g/mol. The van der Waals surface area contributed by atoms with Crippen molar-refractivity contribution in [3.05, 3.63) is 29.8 Å². The Labute approximate surface area is 85.3 Å². The number of Topliss-reactive ketones (excluding diaryl/α,β-unsaturated/α-hetero) is 1. The van der Waals surface area contributed by atoms with Crippen LogP contribution in [0.25, 0.3) is 0 Å². The summed E-state index contributed by atoms with van der Waals surface area (Å²) in [5.74, 6) is 0.634. The Balaban J connectivity index is 2.79. The smallest absolute Gasteiger partial charge is 0.148 e. The molecule has 0 unspecified atom stereocenters. The van der Waals surface area contributed by atoms with Crippen LogP contribution in [0.5, 0.6) is 0 Å². The molecule has 0 heterocycles. The van der Waals surface area contributed by atoms with E-state index >= 15 is 0 Å². The fraction of sp³-hybridized carbons (Fsp3) is 0.417. The van der Waals surface area contributed by atoms with Gasteiger partial charge in [-0.25, -0.2) is 0 Å². The molecule has 2 nitrogen and oxygen atoms in total. The molecule has 0 bridgehead atoms. The second-order valence-corrected chi connectivity index (χ2v) is 3.80. The van der Waals surface area contributed by atoms with Crippen LogP contribution in [0, 0.1) is 0 Å². The number of rotatable bonds is 4. The number of nitrogens with one attached hydrogen (secondary N) is 1. The number of para-hydroxylation sites is 1. The Morgan fingerprint density at radius 2 is 2.00 bits per heavy atom. The first-order chi connectivity index (χ1) is 6.61. The molecule has 1 N–H and O–H groups in total. The van der Waals surface area contributed by atoms with Crippen molar-refractivity contribution in [3.63, 3.8) is 0 Å². The Hall–Kier alpha value is -1.31. The van der Waals surface area contributed by atoms with Gasteiger partial charge < -0.3 is 5.32 Å². The largest absolute Gasteiger partial charge is 0.378 e. The van der Waals surface area contributed by atoms with E-state index in [4.69, 9.17) is 0 Å². The molecule has 0 aliphatic rings. The molecule has 0 atom stereocenters. The van der Waals surface area contributed by atoms with E-state index in [1.807, 2.05) is 18.2 Å². The van der Waals surface area contributed by atoms with Crippen LogP contribution in [0.3, 0.4) is 0 Å². The average molecular weight is 191 g/mol. The number of ketones is 1. The van der Waals surface area contributed by atoms with Gasteiger partial charge in [0, 0.05) is 5.69 Å². The van der Waals surface area contributed by atoms with Crippen molar-refractivity contribution in [2.45, 2.75) is 26.7 Å². The van der Waals surface area contributed by atoms with Gasteiger partial charge >= 0.3 is 0 Å². The fourth-order valence-electron chi connectivity index (χ4n) is 1.38. The molecule has 2 heteroatoms. The van der Waals surface area contributed by atoms with Crippen LogP contribution in [-0.4, -0.2) is 12.3 Å². The van der Waals surface area contributed by atoms with E-state index in [9.17, 15) is 4.79 Å². The summed E-state index contributed by atoms with van der Waals surface area (Å²) < 4.78 is 0. The molecule has 0 radical (unpaired) electrons. The lowest BCUT2D eigenvalue weighted by atomic mass is 10.0. The minimum atomic E-state index is 0.156. The van der Waals surface area contributed by atoms with Gasteiger partial charge in [0.25, 0.3) is 0 Å². The Morgan fingerprint density at radius 1 is 1.36 bits per heavy atom. The normalized spacial score (nSPS) is 10.3. The highest BCUT2D eigenvalue weighted by Gasteiger charge is 2.05. The van der Waals surface area contributed by atoms with Gasteiger partial charge in [-0.15, -0.1) is 0 Å². The van der Waals surface area contributed by atoms with E-state index in [2.05, 4.69) is 25.2 Å². The van der Waals surface area contributed by atoms with E-state index in [0.29, 0.717) is 12.5 Å². The zero-order valence-electron chi connectivity index (χ0n) is 9.00. The van der Waals surface area contributed by atoms with Gasteiger partial charge in [0.2, 0.25) is 0 Å². The number of hydrogen-bond acceptors (Lipinski definition) is 2. The van der Waals surface area contributed by atoms with Crippen molar-refractivity contribution in [3.8, 4) is 0 Å². The Morgan fingerprint density at radius 3 is 2.57 bits per heavy atom. The summed E-state index contributed by atoms with van der Waals surface area (Å²) in [6, 6.07) is 8.11. The summed E-state index contributed by atoms with van der Waals surface area (Å²) in [6.45, 7) is 6.29. The van der Waals surface area contributed by atoms with Crippen LogP contribution in [0.2, 0.25) is 0 Å². The third-order valence-corrected chi connectivity index (χ3v) is 2.11. The first kappa shape index (κ1) is 10.8. The van der Waals surface area contributed by atoms with Gasteiger partial charge in [-0.3, -0.25) is 4.79 Å². The predicted octanol–water partition coefficient (Wildman–Crippen LogP) is 2.81. The molecule has 1 rings (SSSR count). The first-order valence-electron chi connectivity index (χ1n) is 4.93. The zero-order chi connectivity index (χ0) is 10.6. The molecular formula is C12H17NO. The van der Waals surface area contributed by atoms with Gasteiger partial charge in [0.05, 0.1) is 6.54 Å². The number of carbonyl (C=O) groups is 1. The van der Waals surface area contributed by atoms with E-state index in [-0.39, 0.29) is 5.78 Å². The zero-order valence-corrected chi connectivity index (χ0v) is 9.00. The molecule has 14 heavy (non-hydrogen) atoms. The van der Waals surface area contributed by atoms with Crippen LogP contribution in [-0.2, 0) is 4.79 Å². The third-order valence-electron chi connectivity index (χ3n) is 2.11. The molecule has 1 aromatic carbocycles. The highest BCUT2D eigenvalue weighted by molar-refractivity contribution is 5.80. The summed E-state index contributed by atoms with van der Waals surface area (Å²) in [7, 11) is 0. The molecule has 0 aliphatic heterocycles. The molecule has 1 aromatic rings. The second kappa shape index (κ2) is 4.80. The summed E-state index contributed by atoms with van der Waals surface area (Å²) >= 11 is 0. The van der Waals surface area contributed by atoms with Crippen LogP contribution in [0.1, 0.15) is 32.3 Å². The quantitative estimate of drug-likeness (QED) is 0.792. The van der Waals surface area contributed by atoms with Crippen molar-refractivity contribution < 1.29 is 4.79 Å². The maximum atomic E-state index is 10.8. The van der Waals surface area contributed by atoms with Gasteiger partial charge in [0.15, 0.2) is 0 Å². The average Bonchev–Trinajstić information content (AvgIpc) is 2.15. The summed E-state index contributed by atoms with van der Waals surface area (Å²) in [6.07, 6.45) is 0. The van der Waals surface area contributed by atoms with Crippen molar-refractivity contribution in [1.29, 1.82) is 0 Å². The van der Waals surface area contributed by atoms with E-state index in [1.54, 1.807) is 6.92 Å². The van der Waals surface area contributed by atoms with E-state index in [1.165, 1.54) is 5.56 Å². The lowest BCUT2D eigenvalue weighted by Gasteiger charge is -2.13. The lowest BCUT2D eigenvalue weighted by Crippen LogP contribution is -2.11. The van der Waals surface area contributed by atoms with Crippen molar-refractivity contribution in [2.75, 3.05) is 11.9 Å². The van der Waals surface area contributed by atoms with Crippen molar-refractivity contribution >= 4 is 11.5 Å². The van der Waals surface area contributed by atoms with E-state index < -0.39 is 0 Å². The third kappa shape index (κ3) is 2.87. The lowest BCUT2D eigenvalue weighted by molar-refractivity contribution is -0.115.